The zero-order valence-electron chi connectivity index (χ0n) is 18.4. The molecule has 1 aromatic heterocycles. The van der Waals surface area contributed by atoms with E-state index >= 15 is 0 Å². The lowest BCUT2D eigenvalue weighted by molar-refractivity contribution is -0.127. The van der Waals surface area contributed by atoms with Crippen LogP contribution in [0.25, 0.3) is 17.4 Å². The maximum absolute atomic E-state index is 12.8. The largest absolute Gasteiger partial charge is 0.478 e. The number of imide groups is 1. The molecule has 1 fully saturated rings. The van der Waals surface area contributed by atoms with Gasteiger partial charge in [-0.25, -0.2) is 9.59 Å². The summed E-state index contributed by atoms with van der Waals surface area (Å²) in [4.78, 5) is 61.0. The molecule has 13 heteroatoms. The number of halogens is 2. The first-order valence-corrected chi connectivity index (χ1v) is 12.2. The SMILES string of the molecule is O=C(CN1C(=O)S/C(=C/c2ccc(-c3cc(C(=O)O)cc(C(=O)O)c3)o2)C1=O)Nc1ccc(Br)c(Cl)c1. The highest BCUT2D eigenvalue weighted by atomic mass is 79.9. The number of anilines is 1. The van der Waals surface area contributed by atoms with Gasteiger partial charge in [-0.1, -0.05) is 11.6 Å². The predicted octanol–water partition coefficient (Wildman–Crippen LogP) is 5.43. The van der Waals surface area contributed by atoms with Gasteiger partial charge >= 0.3 is 11.9 Å². The summed E-state index contributed by atoms with van der Waals surface area (Å²) in [5.41, 5.74) is 0.118. The van der Waals surface area contributed by atoms with Crippen LogP contribution in [0.15, 0.2) is 62.3 Å². The summed E-state index contributed by atoms with van der Waals surface area (Å²) in [6, 6.07) is 11.2. The van der Waals surface area contributed by atoms with Crippen LogP contribution in [0, 0.1) is 0 Å². The Balaban J connectivity index is 1.50. The van der Waals surface area contributed by atoms with E-state index < -0.39 is 35.5 Å². The van der Waals surface area contributed by atoms with Crippen LogP contribution in [0.1, 0.15) is 26.5 Å². The van der Waals surface area contributed by atoms with Crippen molar-refractivity contribution >= 4 is 80.0 Å². The van der Waals surface area contributed by atoms with E-state index in [1.54, 1.807) is 12.1 Å². The second-order valence-electron chi connectivity index (χ2n) is 7.56. The number of hydrogen-bond donors (Lipinski definition) is 3. The van der Waals surface area contributed by atoms with Crippen LogP contribution in [0.3, 0.4) is 0 Å². The van der Waals surface area contributed by atoms with Crippen molar-refractivity contribution in [2.75, 3.05) is 11.9 Å². The van der Waals surface area contributed by atoms with Crippen molar-refractivity contribution in [2.24, 2.45) is 0 Å². The average Bonchev–Trinajstić information content (AvgIpc) is 3.41. The normalized spacial score (nSPS) is 14.3. The van der Waals surface area contributed by atoms with Crippen LogP contribution >= 0.6 is 39.3 Å². The number of thioether (sulfide) groups is 1. The fourth-order valence-corrected chi connectivity index (χ4v) is 4.53. The van der Waals surface area contributed by atoms with Gasteiger partial charge < -0.3 is 19.9 Å². The van der Waals surface area contributed by atoms with Gasteiger partial charge in [0.15, 0.2) is 0 Å². The van der Waals surface area contributed by atoms with Gasteiger partial charge in [0.2, 0.25) is 5.91 Å². The highest BCUT2D eigenvalue weighted by molar-refractivity contribution is 9.10. The maximum Gasteiger partial charge on any atom is 0.335 e. The molecule has 2 aromatic carbocycles. The van der Waals surface area contributed by atoms with Crippen molar-refractivity contribution in [1.82, 2.24) is 4.90 Å². The molecule has 4 rings (SSSR count). The van der Waals surface area contributed by atoms with E-state index in [4.69, 9.17) is 16.0 Å². The fraction of sp³-hybridized carbons (Fsp3) is 0.0417. The molecule has 0 atom stereocenters. The first kappa shape index (κ1) is 26.2. The minimum Gasteiger partial charge on any atom is -0.478 e. The third kappa shape index (κ3) is 5.93. The topological polar surface area (TPSA) is 154 Å². The smallest absolute Gasteiger partial charge is 0.335 e. The summed E-state index contributed by atoms with van der Waals surface area (Å²) in [5.74, 6) is -3.60. The zero-order valence-corrected chi connectivity index (χ0v) is 21.5. The lowest BCUT2D eigenvalue weighted by atomic mass is 10.0. The number of rotatable bonds is 7. The molecule has 0 spiro atoms. The van der Waals surface area contributed by atoms with E-state index in [0.717, 1.165) is 11.0 Å². The summed E-state index contributed by atoms with van der Waals surface area (Å²) in [6.07, 6.45) is 1.31. The molecule has 0 aliphatic carbocycles. The molecule has 2 heterocycles. The molecule has 3 aromatic rings. The molecular formula is C24H14BrClN2O8S. The highest BCUT2D eigenvalue weighted by Gasteiger charge is 2.36. The minimum absolute atomic E-state index is 0.0101. The second kappa shape index (κ2) is 10.6. The number of benzene rings is 2. The van der Waals surface area contributed by atoms with Gasteiger partial charge in [0.1, 0.15) is 18.1 Å². The number of carbonyl (C=O) groups is 5. The molecule has 188 valence electrons. The molecular weight excluding hydrogens is 592 g/mol. The molecule has 3 N–H and O–H groups in total. The number of amides is 3. The van der Waals surface area contributed by atoms with Crippen molar-refractivity contribution in [3.8, 4) is 11.3 Å². The highest BCUT2D eigenvalue weighted by Crippen LogP contribution is 2.34. The lowest BCUT2D eigenvalue weighted by Crippen LogP contribution is -2.36. The summed E-state index contributed by atoms with van der Waals surface area (Å²) in [5, 5.41) is 20.8. The Morgan fingerprint density at radius 1 is 1.03 bits per heavy atom. The number of carboxylic acids is 2. The number of carbonyl (C=O) groups excluding carboxylic acids is 3. The Morgan fingerprint density at radius 2 is 1.70 bits per heavy atom. The van der Waals surface area contributed by atoms with Crippen LogP contribution in [0.2, 0.25) is 5.02 Å². The Hall–Kier alpha value is -3.87. The second-order valence-corrected chi connectivity index (χ2v) is 9.81. The van der Waals surface area contributed by atoms with E-state index in [9.17, 15) is 34.2 Å². The summed E-state index contributed by atoms with van der Waals surface area (Å²) < 4.78 is 6.29. The Bertz CT molecular complexity index is 1480. The molecule has 3 amide bonds. The van der Waals surface area contributed by atoms with Crippen molar-refractivity contribution in [3.63, 3.8) is 0 Å². The number of furan rings is 1. The van der Waals surface area contributed by atoms with Gasteiger partial charge in [-0.05, 0) is 76.2 Å². The molecule has 37 heavy (non-hydrogen) atoms. The van der Waals surface area contributed by atoms with Crippen molar-refractivity contribution in [2.45, 2.75) is 0 Å². The number of nitrogens with zero attached hydrogens (tertiary/aromatic N) is 1. The lowest BCUT2D eigenvalue weighted by Gasteiger charge is -2.12. The molecule has 0 radical (unpaired) electrons. The van der Waals surface area contributed by atoms with Crippen LogP contribution in [-0.2, 0) is 9.59 Å². The number of carboxylic acid groups (broad SMARTS) is 2. The van der Waals surface area contributed by atoms with E-state index in [0.29, 0.717) is 26.9 Å². The predicted molar refractivity (Wildman–Crippen MR) is 139 cm³/mol. The molecule has 1 aliphatic heterocycles. The van der Waals surface area contributed by atoms with E-state index in [1.165, 1.54) is 36.4 Å². The third-order valence-electron chi connectivity index (χ3n) is 4.99. The van der Waals surface area contributed by atoms with E-state index in [-0.39, 0.29) is 33.1 Å². The molecule has 0 saturated carbocycles. The Labute approximate surface area is 226 Å². The summed E-state index contributed by atoms with van der Waals surface area (Å²) in [6.45, 7) is -0.515. The molecule has 1 aliphatic rings. The maximum atomic E-state index is 12.8. The Morgan fingerprint density at radius 3 is 2.32 bits per heavy atom. The van der Waals surface area contributed by atoms with Gasteiger partial charge in [0.25, 0.3) is 11.1 Å². The monoisotopic (exact) mass is 604 g/mol. The van der Waals surface area contributed by atoms with Crippen LogP contribution in [0.4, 0.5) is 10.5 Å². The van der Waals surface area contributed by atoms with E-state index in [2.05, 4.69) is 21.2 Å². The van der Waals surface area contributed by atoms with Gasteiger partial charge in [-0.2, -0.15) is 0 Å². The van der Waals surface area contributed by atoms with Gasteiger partial charge in [0, 0.05) is 21.8 Å². The quantitative estimate of drug-likeness (QED) is 0.299. The standard InChI is InChI=1S/C24H14BrClN2O8S/c25-16-3-1-14(8-17(16)26)27-20(29)10-28-21(30)19(37-24(28)35)9-15-2-4-18(36-15)11-5-12(22(31)32)7-13(6-11)23(33)34/h1-9H,10H2,(H,27,29)(H,31,32)(H,33,34)/b19-9+. The van der Waals surface area contributed by atoms with Crippen molar-refractivity contribution in [1.29, 1.82) is 0 Å². The van der Waals surface area contributed by atoms with Gasteiger partial charge in [0.05, 0.1) is 21.1 Å². The van der Waals surface area contributed by atoms with Crippen molar-refractivity contribution < 1.29 is 38.6 Å². The first-order chi connectivity index (χ1) is 17.5. The van der Waals surface area contributed by atoms with E-state index in [1.807, 2.05) is 0 Å². The van der Waals surface area contributed by atoms with Crippen LogP contribution in [0.5, 0.6) is 0 Å². The molecule has 0 unspecified atom stereocenters. The number of nitrogens with one attached hydrogen (secondary N) is 1. The molecule has 1 saturated heterocycles. The number of hydrogen-bond acceptors (Lipinski definition) is 7. The van der Waals surface area contributed by atoms with Crippen LogP contribution in [-0.4, -0.2) is 50.6 Å². The van der Waals surface area contributed by atoms with Crippen LogP contribution < -0.4 is 5.32 Å². The fourth-order valence-electron chi connectivity index (χ4n) is 3.29. The molecule has 0 bridgehead atoms. The zero-order chi connectivity index (χ0) is 26.9. The average molecular weight is 606 g/mol. The third-order valence-corrected chi connectivity index (χ3v) is 7.13. The van der Waals surface area contributed by atoms with Crippen molar-refractivity contribution in [3.05, 3.63) is 79.8 Å². The minimum atomic E-state index is -1.31. The van der Waals surface area contributed by atoms with Gasteiger partial charge in [-0.3, -0.25) is 19.3 Å². The van der Waals surface area contributed by atoms with Gasteiger partial charge in [-0.15, -0.1) is 0 Å². The summed E-state index contributed by atoms with van der Waals surface area (Å²) in [7, 11) is 0. The number of aromatic carboxylic acids is 2. The Kier molecular flexibility index (Phi) is 7.52. The first-order valence-electron chi connectivity index (χ1n) is 10.2. The summed E-state index contributed by atoms with van der Waals surface area (Å²) >= 11 is 9.87. The molecule has 10 nitrogen and oxygen atoms in total.